The summed E-state index contributed by atoms with van der Waals surface area (Å²) in [5.74, 6) is 0.573. The Balaban J connectivity index is 1.48. The van der Waals surface area contributed by atoms with Gasteiger partial charge in [-0.05, 0) is 65.9 Å². The summed E-state index contributed by atoms with van der Waals surface area (Å²) in [6.07, 6.45) is 1.68. The number of hydrogen-bond donors (Lipinski definition) is 1. The zero-order chi connectivity index (χ0) is 24.9. The number of benzene rings is 3. The minimum atomic E-state index is -0.748. The molecule has 1 aliphatic heterocycles. The first-order chi connectivity index (χ1) is 16.8. The fourth-order valence-corrected chi connectivity index (χ4v) is 3.86. The number of aliphatic imine (C=N–C) groups is 1. The molecular formula is C23H16N4O7S. The average molecular weight is 492 g/mol. The zero-order valence-corrected chi connectivity index (χ0v) is 18.9. The summed E-state index contributed by atoms with van der Waals surface area (Å²) in [6.45, 7) is 0. The van der Waals surface area contributed by atoms with E-state index in [9.17, 15) is 25.0 Å². The van der Waals surface area contributed by atoms with Crippen LogP contribution >= 0.6 is 11.8 Å². The average Bonchev–Trinajstić information content (AvgIpc) is 3.19. The Morgan fingerprint density at radius 2 is 1.63 bits per heavy atom. The molecule has 176 valence electrons. The van der Waals surface area contributed by atoms with Gasteiger partial charge in [0.2, 0.25) is 5.75 Å². The number of amidine groups is 1. The van der Waals surface area contributed by atoms with Gasteiger partial charge in [0, 0.05) is 6.07 Å². The van der Waals surface area contributed by atoms with Gasteiger partial charge in [0.1, 0.15) is 11.5 Å². The first-order valence-corrected chi connectivity index (χ1v) is 10.8. The molecule has 0 spiro atoms. The standard InChI is InChI=1S/C23H16N4O7S/c1-33-17-9-4-15(5-10-17)24-23-25-22(28)21(35-23)12-14-2-7-18(8-3-14)34-20-11-6-16(26(29)30)13-19(20)27(31)32/h2-13H,1H3,(H,24,25,28)/b21-12-. The van der Waals surface area contributed by atoms with Gasteiger partial charge in [-0.15, -0.1) is 0 Å². The Bertz CT molecular complexity index is 1370. The second-order valence-corrected chi connectivity index (χ2v) is 8.05. The van der Waals surface area contributed by atoms with Crippen LogP contribution in [0.15, 0.2) is 76.6 Å². The molecule has 3 aromatic carbocycles. The maximum absolute atomic E-state index is 12.3. The normalized spacial score (nSPS) is 15.2. The monoisotopic (exact) mass is 492 g/mol. The number of amides is 1. The van der Waals surface area contributed by atoms with Crippen LogP contribution in [-0.4, -0.2) is 28.0 Å². The number of nitrogens with zero attached hydrogens (tertiary/aromatic N) is 3. The maximum Gasteiger partial charge on any atom is 0.318 e. The third kappa shape index (κ3) is 5.62. The number of nitro benzene ring substituents is 2. The van der Waals surface area contributed by atoms with Crippen molar-refractivity contribution in [3.05, 3.63) is 97.4 Å². The van der Waals surface area contributed by atoms with E-state index in [0.29, 0.717) is 27.1 Å². The second kappa shape index (κ2) is 10.1. The summed E-state index contributed by atoms with van der Waals surface area (Å²) < 4.78 is 10.7. The molecule has 3 aromatic rings. The van der Waals surface area contributed by atoms with E-state index < -0.39 is 21.2 Å². The lowest BCUT2D eigenvalue weighted by atomic mass is 10.2. The third-order valence-electron chi connectivity index (χ3n) is 4.71. The number of carbonyl (C=O) groups is 1. The molecule has 0 bridgehead atoms. The highest BCUT2D eigenvalue weighted by Crippen LogP contribution is 2.35. The van der Waals surface area contributed by atoms with E-state index in [1.54, 1.807) is 61.7 Å². The first kappa shape index (κ1) is 23.4. The lowest BCUT2D eigenvalue weighted by molar-refractivity contribution is -0.394. The van der Waals surface area contributed by atoms with Gasteiger partial charge in [-0.3, -0.25) is 25.0 Å². The highest BCUT2D eigenvalue weighted by Gasteiger charge is 2.24. The smallest absolute Gasteiger partial charge is 0.318 e. The lowest BCUT2D eigenvalue weighted by Gasteiger charge is -2.06. The number of nitrogens with one attached hydrogen (secondary N) is 1. The van der Waals surface area contributed by atoms with Crippen molar-refractivity contribution in [3.8, 4) is 17.2 Å². The van der Waals surface area contributed by atoms with Gasteiger partial charge < -0.3 is 14.8 Å². The number of non-ortho nitro benzene ring substituents is 1. The van der Waals surface area contributed by atoms with Gasteiger partial charge in [-0.2, -0.15) is 0 Å². The molecule has 11 nitrogen and oxygen atoms in total. The fraction of sp³-hybridized carbons (Fsp3) is 0.0435. The van der Waals surface area contributed by atoms with Gasteiger partial charge in [0.25, 0.3) is 11.6 Å². The molecule has 0 unspecified atom stereocenters. The molecular weight excluding hydrogens is 476 g/mol. The van der Waals surface area contributed by atoms with E-state index in [1.165, 1.54) is 17.8 Å². The Kier molecular flexibility index (Phi) is 6.73. The van der Waals surface area contributed by atoms with Gasteiger partial charge in [-0.1, -0.05) is 12.1 Å². The van der Waals surface area contributed by atoms with Crippen molar-refractivity contribution in [2.45, 2.75) is 0 Å². The minimum Gasteiger partial charge on any atom is -0.497 e. The summed E-state index contributed by atoms with van der Waals surface area (Å²) in [5, 5.41) is 25.3. The zero-order valence-electron chi connectivity index (χ0n) is 18.0. The predicted molar refractivity (Wildman–Crippen MR) is 130 cm³/mol. The number of methoxy groups -OCH3 is 1. The van der Waals surface area contributed by atoms with Crippen molar-refractivity contribution >= 4 is 46.0 Å². The van der Waals surface area contributed by atoms with Crippen LogP contribution in [0.25, 0.3) is 6.08 Å². The number of ether oxygens (including phenoxy) is 2. The molecule has 0 radical (unpaired) electrons. The van der Waals surface area contributed by atoms with Gasteiger partial charge >= 0.3 is 5.69 Å². The van der Waals surface area contributed by atoms with Crippen LogP contribution in [0.3, 0.4) is 0 Å². The van der Waals surface area contributed by atoms with E-state index in [-0.39, 0.29) is 17.4 Å². The van der Waals surface area contributed by atoms with Crippen LogP contribution < -0.4 is 14.8 Å². The van der Waals surface area contributed by atoms with E-state index in [0.717, 1.165) is 12.1 Å². The molecule has 0 saturated carbocycles. The van der Waals surface area contributed by atoms with E-state index in [1.807, 2.05) is 0 Å². The molecule has 1 saturated heterocycles. The Labute approximate surface area is 202 Å². The highest BCUT2D eigenvalue weighted by atomic mass is 32.2. The number of thioether (sulfide) groups is 1. The molecule has 35 heavy (non-hydrogen) atoms. The summed E-state index contributed by atoms with van der Waals surface area (Å²) in [4.78, 5) is 37.9. The summed E-state index contributed by atoms with van der Waals surface area (Å²) in [7, 11) is 1.57. The quantitative estimate of drug-likeness (QED) is 0.269. The van der Waals surface area contributed by atoms with Crippen LogP contribution in [0.1, 0.15) is 5.56 Å². The molecule has 12 heteroatoms. The molecule has 0 aromatic heterocycles. The number of hydrogen-bond acceptors (Lipinski definition) is 9. The van der Waals surface area contributed by atoms with Crippen molar-refractivity contribution in [3.63, 3.8) is 0 Å². The van der Waals surface area contributed by atoms with Crippen molar-refractivity contribution in [1.29, 1.82) is 0 Å². The van der Waals surface area contributed by atoms with Crippen molar-refractivity contribution in [2.24, 2.45) is 4.99 Å². The van der Waals surface area contributed by atoms with Crippen LogP contribution in [-0.2, 0) is 4.79 Å². The van der Waals surface area contributed by atoms with Crippen LogP contribution in [0.2, 0.25) is 0 Å². The van der Waals surface area contributed by atoms with Crippen molar-refractivity contribution in [1.82, 2.24) is 5.32 Å². The molecule has 1 N–H and O–H groups in total. The van der Waals surface area contributed by atoms with Crippen molar-refractivity contribution < 1.29 is 24.1 Å². The maximum atomic E-state index is 12.3. The largest absolute Gasteiger partial charge is 0.497 e. The highest BCUT2D eigenvalue weighted by molar-refractivity contribution is 8.18. The Hall–Kier alpha value is -4.71. The molecule has 1 fully saturated rings. The van der Waals surface area contributed by atoms with E-state index in [2.05, 4.69) is 10.3 Å². The number of carbonyl (C=O) groups excluding carboxylic acids is 1. The van der Waals surface area contributed by atoms with E-state index in [4.69, 9.17) is 9.47 Å². The predicted octanol–water partition coefficient (Wildman–Crippen LogP) is 5.20. The Morgan fingerprint density at radius 3 is 2.26 bits per heavy atom. The first-order valence-electron chi connectivity index (χ1n) is 9.97. The number of rotatable bonds is 7. The lowest BCUT2D eigenvalue weighted by Crippen LogP contribution is -2.19. The van der Waals surface area contributed by atoms with Gasteiger partial charge in [-0.25, -0.2) is 4.99 Å². The van der Waals surface area contributed by atoms with Gasteiger partial charge in [0.15, 0.2) is 5.17 Å². The topological polar surface area (TPSA) is 146 Å². The van der Waals surface area contributed by atoms with Crippen LogP contribution in [0.5, 0.6) is 17.2 Å². The summed E-state index contributed by atoms with van der Waals surface area (Å²) in [6, 6.07) is 16.7. The molecule has 0 aliphatic carbocycles. The van der Waals surface area contributed by atoms with Crippen LogP contribution in [0, 0.1) is 20.2 Å². The third-order valence-corrected chi connectivity index (χ3v) is 5.62. The molecule has 4 rings (SSSR count). The Morgan fingerprint density at radius 1 is 0.943 bits per heavy atom. The minimum absolute atomic E-state index is 0.128. The SMILES string of the molecule is COc1ccc(N=C2NC(=O)/C(=C/c3ccc(Oc4ccc([N+](=O)[O-])cc4[N+](=O)[O-])cc3)S2)cc1. The van der Waals surface area contributed by atoms with Gasteiger partial charge in [0.05, 0.1) is 33.6 Å². The fourth-order valence-electron chi connectivity index (χ4n) is 3.01. The summed E-state index contributed by atoms with van der Waals surface area (Å²) in [5.41, 5.74) is 0.428. The summed E-state index contributed by atoms with van der Waals surface area (Å²) >= 11 is 1.19. The molecule has 1 amide bonds. The molecule has 1 aliphatic rings. The van der Waals surface area contributed by atoms with E-state index >= 15 is 0 Å². The van der Waals surface area contributed by atoms with Crippen LogP contribution in [0.4, 0.5) is 17.1 Å². The molecule has 0 atom stereocenters. The van der Waals surface area contributed by atoms with Crippen molar-refractivity contribution in [2.75, 3.05) is 7.11 Å². The molecule has 1 heterocycles. The number of nitro groups is 2. The second-order valence-electron chi connectivity index (χ2n) is 7.02.